The average molecular weight is 403 g/mol. The monoisotopic (exact) mass is 402 g/mol. The summed E-state index contributed by atoms with van der Waals surface area (Å²) in [6, 6.07) is 6.93. The van der Waals surface area contributed by atoms with Gasteiger partial charge in [-0.25, -0.2) is 13.2 Å². The van der Waals surface area contributed by atoms with E-state index in [0.717, 1.165) is 42.7 Å². The van der Waals surface area contributed by atoms with Crippen LogP contribution >= 0.6 is 0 Å². The highest BCUT2D eigenvalue weighted by atomic mass is 19.1. The first-order chi connectivity index (χ1) is 14.0. The lowest BCUT2D eigenvalue weighted by Gasteiger charge is -2.42. The molecule has 0 heterocycles. The van der Waals surface area contributed by atoms with E-state index < -0.39 is 17.5 Å². The van der Waals surface area contributed by atoms with E-state index in [9.17, 15) is 13.2 Å². The van der Waals surface area contributed by atoms with Crippen molar-refractivity contribution < 1.29 is 17.9 Å². The molecule has 2 aromatic carbocycles. The molecule has 1 unspecified atom stereocenters. The van der Waals surface area contributed by atoms with Gasteiger partial charge in [-0.3, -0.25) is 0 Å². The first-order valence-corrected chi connectivity index (χ1v) is 10.8. The molecule has 1 nitrogen and oxygen atoms in total. The van der Waals surface area contributed by atoms with E-state index in [1.807, 2.05) is 0 Å². The van der Waals surface area contributed by atoms with Crippen LogP contribution in [0.1, 0.15) is 63.4 Å². The molecule has 156 valence electrons. The normalized spacial score (nSPS) is 26.8. The number of hydrogen-bond acceptors (Lipinski definition) is 1. The van der Waals surface area contributed by atoms with E-state index >= 15 is 0 Å². The van der Waals surface area contributed by atoms with Crippen LogP contribution in [0.15, 0.2) is 30.3 Å². The molecule has 0 aromatic heterocycles. The molecular weight excluding hydrogens is 373 g/mol. The Morgan fingerprint density at radius 3 is 2.21 bits per heavy atom. The molecule has 0 saturated heterocycles. The van der Waals surface area contributed by atoms with Crippen LogP contribution in [0.3, 0.4) is 0 Å². The van der Waals surface area contributed by atoms with Gasteiger partial charge in [0, 0.05) is 0 Å². The summed E-state index contributed by atoms with van der Waals surface area (Å²) in [5.41, 5.74) is 0.757. The lowest BCUT2D eigenvalue weighted by Crippen LogP contribution is -2.30. The Kier molecular flexibility index (Phi) is 5.89. The van der Waals surface area contributed by atoms with Crippen LogP contribution in [0.25, 0.3) is 11.1 Å². The molecule has 29 heavy (non-hydrogen) atoms. The number of methoxy groups -OCH3 is 1. The molecule has 0 aliphatic heterocycles. The molecule has 4 rings (SSSR count). The lowest BCUT2D eigenvalue weighted by atomic mass is 9.63. The van der Waals surface area contributed by atoms with Gasteiger partial charge in [-0.15, -0.1) is 0 Å². The maximum Gasteiger partial charge on any atom is 0.165 e. The van der Waals surface area contributed by atoms with Crippen LogP contribution in [0.4, 0.5) is 13.2 Å². The predicted octanol–water partition coefficient (Wildman–Crippen LogP) is 7.49. The van der Waals surface area contributed by atoms with Crippen molar-refractivity contribution in [3.8, 4) is 16.9 Å². The van der Waals surface area contributed by atoms with Gasteiger partial charge in [0.15, 0.2) is 11.6 Å². The minimum absolute atomic E-state index is 0.0562. The van der Waals surface area contributed by atoms with Crippen LogP contribution in [-0.4, -0.2) is 7.11 Å². The molecule has 2 fully saturated rings. The summed E-state index contributed by atoms with van der Waals surface area (Å²) in [5.74, 6) is 0.698. The molecule has 0 amide bonds. The SMILES string of the molecule is CCC1CC[C@@H]2C[C@H](c3cc(F)c(-c4ccc(OC)c(F)c4)c(F)c3)CC[C@@H]2C1. The third-order valence-electron chi connectivity index (χ3n) is 7.28. The Morgan fingerprint density at radius 1 is 0.862 bits per heavy atom. The van der Waals surface area contributed by atoms with Crippen molar-refractivity contribution in [2.24, 2.45) is 17.8 Å². The summed E-state index contributed by atoms with van der Waals surface area (Å²) in [6.45, 7) is 2.28. The fourth-order valence-electron chi connectivity index (χ4n) is 5.59. The number of benzene rings is 2. The standard InChI is InChI=1S/C25H29F3O/c1-3-15-4-5-17-11-18(7-6-16(17)10-15)20-13-22(27)25(23(28)14-20)19-8-9-24(29-2)21(26)12-19/h8-9,12-18H,3-7,10-11H2,1-2H3/t15?,16-,17-,18-/m1/s1. The quantitative estimate of drug-likeness (QED) is 0.515. The maximum absolute atomic E-state index is 14.9. The van der Waals surface area contributed by atoms with Gasteiger partial charge in [0.25, 0.3) is 0 Å². The highest BCUT2D eigenvalue weighted by molar-refractivity contribution is 5.66. The molecule has 0 N–H and O–H groups in total. The van der Waals surface area contributed by atoms with Crippen LogP contribution in [0, 0.1) is 35.2 Å². The van der Waals surface area contributed by atoms with Crippen molar-refractivity contribution in [1.82, 2.24) is 0 Å². The summed E-state index contributed by atoms with van der Waals surface area (Å²) < 4.78 is 48.7. The Balaban J connectivity index is 1.56. The van der Waals surface area contributed by atoms with Gasteiger partial charge in [-0.2, -0.15) is 0 Å². The van der Waals surface area contributed by atoms with E-state index in [-0.39, 0.29) is 22.8 Å². The summed E-state index contributed by atoms with van der Waals surface area (Å²) in [7, 11) is 1.36. The van der Waals surface area contributed by atoms with Crippen LogP contribution in [0.2, 0.25) is 0 Å². The highest BCUT2D eigenvalue weighted by Gasteiger charge is 2.36. The predicted molar refractivity (Wildman–Crippen MR) is 110 cm³/mol. The number of fused-ring (bicyclic) bond motifs is 1. The molecule has 0 bridgehead atoms. The minimum Gasteiger partial charge on any atom is -0.494 e. The number of rotatable bonds is 4. The van der Waals surface area contributed by atoms with Gasteiger partial charge < -0.3 is 4.74 Å². The fourth-order valence-corrected chi connectivity index (χ4v) is 5.59. The van der Waals surface area contributed by atoms with Crippen molar-refractivity contribution >= 4 is 0 Å². The number of halogens is 3. The van der Waals surface area contributed by atoms with E-state index in [0.29, 0.717) is 5.92 Å². The van der Waals surface area contributed by atoms with Crippen LogP contribution in [0.5, 0.6) is 5.75 Å². The van der Waals surface area contributed by atoms with Crippen molar-refractivity contribution in [2.75, 3.05) is 7.11 Å². The zero-order valence-corrected chi connectivity index (χ0v) is 17.2. The fraction of sp³-hybridized carbons (Fsp3) is 0.520. The second-order valence-electron chi connectivity index (χ2n) is 8.83. The first kappa shape index (κ1) is 20.3. The van der Waals surface area contributed by atoms with Gasteiger partial charge >= 0.3 is 0 Å². The van der Waals surface area contributed by atoms with Gasteiger partial charge in [-0.1, -0.05) is 25.8 Å². The molecule has 2 saturated carbocycles. The zero-order chi connectivity index (χ0) is 20.5. The zero-order valence-electron chi connectivity index (χ0n) is 17.2. The number of hydrogen-bond donors (Lipinski definition) is 0. The molecule has 2 aromatic rings. The van der Waals surface area contributed by atoms with Gasteiger partial charge in [0.1, 0.15) is 11.6 Å². The van der Waals surface area contributed by atoms with Gasteiger partial charge in [0.2, 0.25) is 0 Å². The largest absolute Gasteiger partial charge is 0.494 e. The molecule has 4 heteroatoms. The van der Waals surface area contributed by atoms with E-state index in [1.54, 1.807) is 0 Å². The summed E-state index contributed by atoms with van der Waals surface area (Å²) >= 11 is 0. The smallest absolute Gasteiger partial charge is 0.165 e. The second-order valence-corrected chi connectivity index (χ2v) is 8.83. The second kappa shape index (κ2) is 8.41. The topological polar surface area (TPSA) is 9.23 Å². The Labute approximate surface area is 171 Å². The third-order valence-corrected chi connectivity index (χ3v) is 7.28. The van der Waals surface area contributed by atoms with Crippen molar-refractivity contribution in [3.05, 3.63) is 53.3 Å². The Morgan fingerprint density at radius 2 is 1.55 bits per heavy atom. The summed E-state index contributed by atoms with van der Waals surface area (Å²) in [5, 5.41) is 0. The Hall–Kier alpha value is -1.97. The highest BCUT2D eigenvalue weighted by Crippen LogP contribution is 2.48. The van der Waals surface area contributed by atoms with Gasteiger partial charge in [-0.05, 0) is 91.2 Å². The van der Waals surface area contributed by atoms with Crippen LogP contribution < -0.4 is 4.74 Å². The van der Waals surface area contributed by atoms with E-state index in [4.69, 9.17) is 4.74 Å². The minimum atomic E-state index is -0.631. The maximum atomic E-state index is 14.9. The van der Waals surface area contributed by atoms with E-state index in [2.05, 4.69) is 6.92 Å². The van der Waals surface area contributed by atoms with Crippen molar-refractivity contribution in [3.63, 3.8) is 0 Å². The molecule has 2 aliphatic rings. The molecule has 4 atom stereocenters. The van der Waals surface area contributed by atoms with E-state index in [1.165, 1.54) is 57.1 Å². The Bertz CT molecular complexity index is 855. The van der Waals surface area contributed by atoms with Crippen LogP contribution in [-0.2, 0) is 0 Å². The molecular formula is C25H29F3O. The number of ether oxygens (including phenoxy) is 1. The lowest BCUT2D eigenvalue weighted by molar-refractivity contribution is 0.116. The summed E-state index contributed by atoms with van der Waals surface area (Å²) in [6.07, 6.45) is 8.28. The van der Waals surface area contributed by atoms with Crippen molar-refractivity contribution in [2.45, 2.75) is 57.8 Å². The molecule has 0 radical (unpaired) electrons. The molecule has 0 spiro atoms. The first-order valence-electron chi connectivity index (χ1n) is 10.8. The average Bonchev–Trinajstić information content (AvgIpc) is 2.72. The van der Waals surface area contributed by atoms with Gasteiger partial charge in [0.05, 0.1) is 12.7 Å². The molecule has 2 aliphatic carbocycles. The van der Waals surface area contributed by atoms with Crippen molar-refractivity contribution in [1.29, 1.82) is 0 Å². The summed E-state index contributed by atoms with van der Waals surface area (Å²) in [4.78, 5) is 0. The third kappa shape index (κ3) is 4.04.